The Balaban J connectivity index is 1.21. The molecule has 212 valence electrons. The molecule has 1 saturated heterocycles. The minimum atomic E-state index is -1.35. The fourth-order valence-electron chi connectivity index (χ4n) is 5.10. The van der Waals surface area contributed by atoms with Gasteiger partial charge in [0.05, 0.1) is 18.9 Å². The maximum absolute atomic E-state index is 14.6. The number of halogens is 2. The molecule has 6 rings (SSSR count). The first-order valence-electron chi connectivity index (χ1n) is 13.0. The van der Waals surface area contributed by atoms with Crippen molar-refractivity contribution in [2.75, 3.05) is 11.9 Å². The van der Waals surface area contributed by atoms with E-state index >= 15 is 0 Å². The summed E-state index contributed by atoms with van der Waals surface area (Å²) >= 11 is 7.03. The first-order valence-corrected chi connectivity index (χ1v) is 14.2. The highest BCUT2D eigenvalue weighted by molar-refractivity contribution is 7.10. The van der Waals surface area contributed by atoms with Gasteiger partial charge in [0.15, 0.2) is 11.6 Å². The third-order valence-corrected chi connectivity index (χ3v) is 7.96. The Morgan fingerprint density at radius 2 is 1.95 bits per heavy atom. The van der Waals surface area contributed by atoms with E-state index in [4.69, 9.17) is 11.6 Å². The zero-order valence-corrected chi connectivity index (χ0v) is 23.8. The highest BCUT2D eigenvalue weighted by Crippen LogP contribution is 2.30. The first kappa shape index (κ1) is 27.6. The van der Waals surface area contributed by atoms with Crippen LogP contribution in [0.4, 0.5) is 9.52 Å². The number of hydrogen-bond acceptors (Lipinski definition) is 8. The monoisotopic (exact) mass is 603 g/mol. The topological polar surface area (TPSA) is 123 Å². The van der Waals surface area contributed by atoms with Crippen molar-refractivity contribution in [1.29, 1.82) is 0 Å². The van der Waals surface area contributed by atoms with Gasteiger partial charge in [-0.15, -0.1) is 0 Å². The quantitative estimate of drug-likeness (QED) is 0.258. The van der Waals surface area contributed by atoms with E-state index in [-0.39, 0.29) is 30.4 Å². The van der Waals surface area contributed by atoms with Crippen LogP contribution in [0, 0.1) is 0 Å². The van der Waals surface area contributed by atoms with Crippen molar-refractivity contribution in [2.45, 2.75) is 32.1 Å². The summed E-state index contributed by atoms with van der Waals surface area (Å²) in [7, 11) is 0. The summed E-state index contributed by atoms with van der Waals surface area (Å²) in [6, 6.07) is 13.4. The Hall–Kier alpha value is -4.55. The van der Waals surface area contributed by atoms with Crippen LogP contribution in [0.15, 0.2) is 67.1 Å². The lowest BCUT2D eigenvalue weighted by Gasteiger charge is -2.23. The molecule has 10 nitrogen and oxygen atoms in total. The van der Waals surface area contributed by atoms with E-state index in [9.17, 15) is 18.8 Å². The number of amides is 2. The molecular weight excluding hydrogens is 581 g/mol. The second-order valence-corrected chi connectivity index (χ2v) is 11.1. The summed E-state index contributed by atoms with van der Waals surface area (Å²) in [6.45, 7) is 1.08. The van der Waals surface area contributed by atoms with Crippen LogP contribution in [-0.4, -0.2) is 65.4 Å². The zero-order chi connectivity index (χ0) is 29.4. The Morgan fingerprint density at radius 3 is 2.71 bits per heavy atom. The van der Waals surface area contributed by atoms with Gasteiger partial charge in [-0.2, -0.15) is 19.6 Å². The van der Waals surface area contributed by atoms with E-state index in [1.54, 1.807) is 47.4 Å². The molecule has 3 aromatic heterocycles. The number of ketones is 1. The van der Waals surface area contributed by atoms with Gasteiger partial charge in [0, 0.05) is 56.8 Å². The van der Waals surface area contributed by atoms with Gasteiger partial charge in [0.25, 0.3) is 0 Å². The largest absolute Gasteiger partial charge is 0.337 e. The van der Waals surface area contributed by atoms with Crippen molar-refractivity contribution in [3.63, 3.8) is 0 Å². The van der Waals surface area contributed by atoms with Gasteiger partial charge in [0.1, 0.15) is 18.8 Å². The second kappa shape index (κ2) is 11.4. The Bertz CT molecular complexity index is 1830. The zero-order valence-electron chi connectivity index (χ0n) is 22.2. The predicted molar refractivity (Wildman–Crippen MR) is 157 cm³/mol. The SMILES string of the molecule is CC(=O)c1cn(CC(=O)N2CC(F)CC2C(=O)Nc2nc(-c3cccc(Cl)c3)ns2)c2ccc(-c3ccnnc3)cc12. The van der Waals surface area contributed by atoms with Crippen LogP contribution < -0.4 is 5.32 Å². The molecule has 2 aromatic carbocycles. The normalized spacial score (nSPS) is 16.6. The van der Waals surface area contributed by atoms with E-state index in [0.29, 0.717) is 32.9 Å². The van der Waals surface area contributed by atoms with Crippen LogP contribution in [0.1, 0.15) is 23.7 Å². The smallest absolute Gasteiger partial charge is 0.249 e. The van der Waals surface area contributed by atoms with Crippen LogP contribution in [0.3, 0.4) is 0 Å². The van der Waals surface area contributed by atoms with Crippen molar-refractivity contribution in [2.24, 2.45) is 0 Å². The molecule has 13 heteroatoms. The molecule has 2 atom stereocenters. The lowest BCUT2D eigenvalue weighted by Crippen LogP contribution is -2.44. The van der Waals surface area contributed by atoms with Gasteiger partial charge in [-0.05, 0) is 42.8 Å². The number of alkyl halides is 1. The number of carbonyl (C=O) groups excluding carboxylic acids is 3. The summed E-state index contributed by atoms with van der Waals surface area (Å²) in [4.78, 5) is 44.7. The van der Waals surface area contributed by atoms with E-state index < -0.39 is 24.0 Å². The molecule has 4 heterocycles. The number of hydrogen-bond donors (Lipinski definition) is 1. The van der Waals surface area contributed by atoms with Gasteiger partial charge >= 0.3 is 0 Å². The van der Waals surface area contributed by atoms with Crippen molar-refractivity contribution >= 4 is 56.8 Å². The molecule has 0 aliphatic carbocycles. The van der Waals surface area contributed by atoms with Gasteiger partial charge in [-0.25, -0.2) is 4.39 Å². The summed E-state index contributed by atoms with van der Waals surface area (Å²) in [6.07, 6.45) is 3.34. The third-order valence-electron chi connectivity index (χ3n) is 7.10. The number of fused-ring (bicyclic) bond motifs is 1. The number of Topliss-reactive ketones (excluding diaryl/α,β-unsaturated/α-hetero) is 1. The van der Waals surface area contributed by atoms with E-state index in [2.05, 4.69) is 24.9 Å². The molecule has 2 unspecified atom stereocenters. The minimum absolute atomic E-state index is 0.133. The van der Waals surface area contributed by atoms with Gasteiger partial charge < -0.3 is 9.47 Å². The van der Waals surface area contributed by atoms with Crippen LogP contribution in [0.2, 0.25) is 5.02 Å². The number of nitrogens with zero attached hydrogens (tertiary/aromatic N) is 6. The summed E-state index contributed by atoms with van der Waals surface area (Å²) in [5, 5.41) is 11.8. The third kappa shape index (κ3) is 5.50. The highest BCUT2D eigenvalue weighted by Gasteiger charge is 2.40. The fourth-order valence-corrected chi connectivity index (χ4v) is 5.89. The molecule has 0 bridgehead atoms. The lowest BCUT2D eigenvalue weighted by atomic mass is 10.0. The molecule has 0 radical (unpaired) electrons. The highest BCUT2D eigenvalue weighted by atomic mass is 35.5. The second-order valence-electron chi connectivity index (χ2n) is 9.91. The number of anilines is 1. The minimum Gasteiger partial charge on any atom is -0.337 e. The van der Waals surface area contributed by atoms with Gasteiger partial charge in [0.2, 0.25) is 16.9 Å². The molecule has 1 N–H and O–H groups in total. The maximum atomic E-state index is 14.6. The molecule has 2 amide bonds. The number of nitrogens with one attached hydrogen (secondary N) is 1. The average Bonchev–Trinajstić information content (AvgIpc) is 3.70. The molecule has 0 spiro atoms. The first-order chi connectivity index (χ1) is 20.3. The van der Waals surface area contributed by atoms with Crippen LogP contribution in [0.25, 0.3) is 33.4 Å². The molecule has 42 heavy (non-hydrogen) atoms. The number of aromatic nitrogens is 5. The van der Waals surface area contributed by atoms with E-state index in [0.717, 1.165) is 22.7 Å². The molecule has 1 aliphatic rings. The van der Waals surface area contributed by atoms with Gasteiger partial charge in [-0.3, -0.25) is 19.7 Å². The van der Waals surface area contributed by atoms with Crippen LogP contribution in [0.5, 0.6) is 0 Å². The van der Waals surface area contributed by atoms with E-state index in [1.807, 2.05) is 24.3 Å². The molecule has 1 fully saturated rings. The number of likely N-dealkylation sites (tertiary alicyclic amines) is 1. The fraction of sp³-hybridized carbons (Fsp3) is 0.207. The summed E-state index contributed by atoms with van der Waals surface area (Å²) in [5.74, 6) is -0.756. The van der Waals surface area contributed by atoms with Crippen molar-refractivity contribution < 1.29 is 18.8 Å². The maximum Gasteiger partial charge on any atom is 0.249 e. The Kier molecular flexibility index (Phi) is 7.48. The van der Waals surface area contributed by atoms with Gasteiger partial charge in [-0.1, -0.05) is 29.8 Å². The van der Waals surface area contributed by atoms with Crippen molar-refractivity contribution in [3.8, 4) is 22.5 Å². The molecular formula is C29H23ClFN7O3S. The predicted octanol–water partition coefficient (Wildman–Crippen LogP) is 5.05. The van der Waals surface area contributed by atoms with Crippen molar-refractivity contribution in [1.82, 2.24) is 29.0 Å². The standard InChI is InChI=1S/C29H23ClFN7O3S/c1-16(39)23-14-37(24-6-5-17(10-22(23)24)19-7-8-32-33-12-19)15-26(40)38-13-21(31)11-25(38)28(41)35-29-34-27(36-42-29)18-3-2-4-20(30)9-18/h2-10,12,14,21,25H,11,13,15H2,1H3,(H,34,35,36,41). The van der Waals surface area contributed by atoms with Crippen LogP contribution >= 0.6 is 23.1 Å². The number of rotatable bonds is 7. The number of carbonyl (C=O) groups is 3. The van der Waals surface area contributed by atoms with Crippen molar-refractivity contribution in [3.05, 3.63) is 77.7 Å². The molecule has 1 aliphatic heterocycles. The average molecular weight is 604 g/mol. The molecule has 0 saturated carbocycles. The summed E-state index contributed by atoms with van der Waals surface area (Å²) < 4.78 is 20.5. The Morgan fingerprint density at radius 1 is 1.10 bits per heavy atom. The van der Waals surface area contributed by atoms with E-state index in [1.165, 1.54) is 11.8 Å². The lowest BCUT2D eigenvalue weighted by molar-refractivity contribution is -0.137. The molecule has 5 aromatic rings. The van der Waals surface area contributed by atoms with Crippen LogP contribution in [-0.2, 0) is 16.1 Å². The Labute approximate surface area is 248 Å². The summed E-state index contributed by atoms with van der Waals surface area (Å²) in [5.41, 5.74) is 3.48. The number of benzene rings is 2.